The fraction of sp³-hybridized carbons (Fsp3) is 0.353. The van der Waals surface area contributed by atoms with Crippen LogP contribution in [-0.2, 0) is 0 Å². The molecule has 0 spiro atoms. The Morgan fingerprint density at radius 2 is 1.75 bits per heavy atom. The van der Waals surface area contributed by atoms with Crippen LogP contribution in [0.4, 0.5) is 10.1 Å². The second kappa shape index (κ2) is 6.43. The molecule has 0 aliphatic carbocycles. The number of hydrogen-bond acceptors (Lipinski definition) is 4. The number of carbonyl (C=O) groups is 1. The summed E-state index contributed by atoms with van der Waals surface area (Å²) >= 11 is 0. The van der Waals surface area contributed by atoms with Crippen molar-refractivity contribution in [3.8, 4) is 0 Å². The number of nitrogens with one attached hydrogen (secondary N) is 1. The number of aromatic amines is 1. The molecule has 1 aromatic carbocycles. The van der Waals surface area contributed by atoms with Crippen molar-refractivity contribution in [3.63, 3.8) is 0 Å². The largest absolute Gasteiger partial charge is 0.368 e. The fourth-order valence-electron chi connectivity index (χ4n) is 2.96. The van der Waals surface area contributed by atoms with Gasteiger partial charge in [0.05, 0.1) is 5.69 Å². The zero-order chi connectivity index (χ0) is 17.3. The highest BCUT2D eigenvalue weighted by Crippen LogP contribution is 2.17. The second-order valence-electron chi connectivity index (χ2n) is 5.87. The van der Waals surface area contributed by atoms with Gasteiger partial charge in [-0.05, 0) is 38.1 Å². The lowest BCUT2D eigenvalue weighted by molar-refractivity contribution is 0.0743. The van der Waals surface area contributed by atoms with E-state index in [1.54, 1.807) is 30.9 Å². The van der Waals surface area contributed by atoms with Crippen molar-refractivity contribution < 1.29 is 9.18 Å². The van der Waals surface area contributed by atoms with E-state index < -0.39 is 5.56 Å². The van der Waals surface area contributed by atoms with Gasteiger partial charge >= 0.3 is 0 Å². The first-order valence-corrected chi connectivity index (χ1v) is 7.83. The van der Waals surface area contributed by atoms with Crippen molar-refractivity contribution in [2.45, 2.75) is 13.8 Å². The first kappa shape index (κ1) is 16.2. The van der Waals surface area contributed by atoms with Gasteiger partial charge in [-0.2, -0.15) is 0 Å². The maximum atomic E-state index is 13.0. The molecule has 0 atom stereocenters. The molecule has 1 amide bonds. The number of halogens is 1. The number of hydrogen-bond donors (Lipinski definition) is 1. The highest BCUT2D eigenvalue weighted by Gasteiger charge is 2.26. The number of nitrogens with zero attached hydrogens (tertiary/aromatic N) is 3. The third-order valence-electron chi connectivity index (χ3n) is 4.19. The smallest absolute Gasteiger partial charge is 0.264 e. The van der Waals surface area contributed by atoms with Crippen LogP contribution < -0.4 is 10.5 Å². The summed E-state index contributed by atoms with van der Waals surface area (Å²) < 4.78 is 13.0. The maximum Gasteiger partial charge on any atom is 0.264 e. The van der Waals surface area contributed by atoms with Gasteiger partial charge in [-0.1, -0.05) is 0 Å². The standard InChI is InChI=1S/C17H19FN4O2/c1-11-15(16(23)20-12(2)19-11)17(24)22-9-7-21(8-10-22)14-5-3-13(18)4-6-14/h3-6H,7-10H2,1-2H3,(H,19,20,23). The van der Waals surface area contributed by atoms with Crippen LogP contribution in [0.5, 0.6) is 0 Å². The lowest BCUT2D eigenvalue weighted by Crippen LogP contribution is -2.50. The van der Waals surface area contributed by atoms with Crippen molar-refractivity contribution in [2.75, 3.05) is 31.1 Å². The molecule has 2 aromatic rings. The van der Waals surface area contributed by atoms with Crippen molar-refractivity contribution in [1.82, 2.24) is 14.9 Å². The van der Waals surface area contributed by atoms with E-state index in [0.29, 0.717) is 37.7 Å². The first-order chi connectivity index (χ1) is 11.5. The molecule has 6 nitrogen and oxygen atoms in total. The number of carbonyl (C=O) groups excluding carboxylic acids is 1. The van der Waals surface area contributed by atoms with Gasteiger partial charge in [0.1, 0.15) is 17.2 Å². The summed E-state index contributed by atoms with van der Waals surface area (Å²) in [4.78, 5) is 35.2. The van der Waals surface area contributed by atoms with Gasteiger partial charge in [0.25, 0.3) is 11.5 Å². The highest BCUT2D eigenvalue weighted by molar-refractivity contribution is 5.95. The van der Waals surface area contributed by atoms with Crippen molar-refractivity contribution >= 4 is 11.6 Å². The third-order valence-corrected chi connectivity index (χ3v) is 4.19. The number of piperazine rings is 1. The molecule has 7 heteroatoms. The zero-order valence-electron chi connectivity index (χ0n) is 13.7. The van der Waals surface area contributed by atoms with Crippen LogP contribution >= 0.6 is 0 Å². The van der Waals surface area contributed by atoms with Crippen molar-refractivity contribution in [2.24, 2.45) is 0 Å². The molecule has 0 unspecified atom stereocenters. The highest BCUT2D eigenvalue weighted by atomic mass is 19.1. The third kappa shape index (κ3) is 3.15. The van der Waals surface area contributed by atoms with Gasteiger partial charge in [0.2, 0.25) is 0 Å². The summed E-state index contributed by atoms with van der Waals surface area (Å²) in [6.07, 6.45) is 0. The van der Waals surface area contributed by atoms with E-state index in [4.69, 9.17) is 0 Å². The van der Waals surface area contributed by atoms with Gasteiger partial charge in [0, 0.05) is 31.9 Å². The van der Waals surface area contributed by atoms with E-state index in [9.17, 15) is 14.0 Å². The summed E-state index contributed by atoms with van der Waals surface area (Å²) in [5.74, 6) is -0.0654. The Hall–Kier alpha value is -2.70. The SMILES string of the molecule is Cc1nc(C)c(C(=O)N2CCN(c3ccc(F)cc3)CC2)c(=O)[nH]1. The normalized spacial score (nSPS) is 14.8. The predicted octanol–water partition coefficient (Wildman–Crippen LogP) is 1.49. The predicted molar refractivity (Wildman–Crippen MR) is 88.8 cm³/mol. The molecule has 1 aliphatic heterocycles. The molecular formula is C17H19FN4O2. The number of benzene rings is 1. The lowest BCUT2D eigenvalue weighted by atomic mass is 10.1. The van der Waals surface area contributed by atoms with Gasteiger partial charge in [0.15, 0.2) is 0 Å². The summed E-state index contributed by atoms with van der Waals surface area (Å²) in [6, 6.07) is 6.30. The van der Waals surface area contributed by atoms with E-state index in [1.165, 1.54) is 12.1 Å². The van der Waals surface area contributed by atoms with E-state index in [1.807, 2.05) is 0 Å². The summed E-state index contributed by atoms with van der Waals surface area (Å²) in [5, 5.41) is 0. The average Bonchev–Trinajstić information content (AvgIpc) is 2.54. The summed E-state index contributed by atoms with van der Waals surface area (Å²) in [6.45, 7) is 5.63. The minimum atomic E-state index is -0.397. The molecule has 3 rings (SSSR count). The summed E-state index contributed by atoms with van der Waals surface area (Å²) in [5.41, 5.74) is 1.08. The Balaban J connectivity index is 1.72. The molecule has 1 N–H and O–H groups in total. The maximum absolute atomic E-state index is 13.0. The Bertz CT molecular complexity index is 808. The molecule has 1 aliphatic rings. The average molecular weight is 330 g/mol. The Morgan fingerprint density at radius 3 is 2.33 bits per heavy atom. The van der Waals surface area contributed by atoms with Crippen LogP contribution in [0.1, 0.15) is 21.9 Å². The van der Waals surface area contributed by atoms with Crippen LogP contribution in [-0.4, -0.2) is 47.0 Å². The second-order valence-corrected chi connectivity index (χ2v) is 5.87. The van der Waals surface area contributed by atoms with Gasteiger partial charge < -0.3 is 14.8 Å². The molecule has 1 saturated heterocycles. The van der Waals surface area contributed by atoms with Crippen LogP contribution in [0.3, 0.4) is 0 Å². The van der Waals surface area contributed by atoms with Crippen molar-refractivity contribution in [3.05, 3.63) is 57.5 Å². The number of anilines is 1. The van der Waals surface area contributed by atoms with E-state index in [-0.39, 0.29) is 17.3 Å². The number of H-pyrrole nitrogens is 1. The molecule has 24 heavy (non-hydrogen) atoms. The number of rotatable bonds is 2. The van der Waals surface area contributed by atoms with Crippen LogP contribution in [0.15, 0.2) is 29.1 Å². The Morgan fingerprint density at radius 1 is 1.12 bits per heavy atom. The van der Waals surface area contributed by atoms with Crippen LogP contribution in [0.25, 0.3) is 0 Å². The minimum Gasteiger partial charge on any atom is -0.368 e. The molecule has 1 aromatic heterocycles. The molecular weight excluding hydrogens is 311 g/mol. The molecule has 0 bridgehead atoms. The lowest BCUT2D eigenvalue weighted by Gasteiger charge is -2.36. The molecule has 0 radical (unpaired) electrons. The van der Waals surface area contributed by atoms with Crippen molar-refractivity contribution in [1.29, 1.82) is 0 Å². The van der Waals surface area contributed by atoms with Crippen LogP contribution in [0.2, 0.25) is 0 Å². The fourth-order valence-corrected chi connectivity index (χ4v) is 2.96. The quantitative estimate of drug-likeness (QED) is 0.906. The zero-order valence-corrected chi connectivity index (χ0v) is 13.7. The van der Waals surface area contributed by atoms with Gasteiger partial charge in [-0.15, -0.1) is 0 Å². The molecule has 2 heterocycles. The summed E-state index contributed by atoms with van der Waals surface area (Å²) in [7, 11) is 0. The van der Waals surface area contributed by atoms with Gasteiger partial charge in [-0.3, -0.25) is 9.59 Å². The van der Waals surface area contributed by atoms with E-state index in [0.717, 1.165) is 5.69 Å². The van der Waals surface area contributed by atoms with E-state index in [2.05, 4.69) is 14.9 Å². The Kier molecular flexibility index (Phi) is 4.33. The van der Waals surface area contributed by atoms with Crippen LogP contribution in [0, 0.1) is 19.7 Å². The van der Waals surface area contributed by atoms with E-state index >= 15 is 0 Å². The van der Waals surface area contributed by atoms with Gasteiger partial charge in [-0.25, -0.2) is 9.37 Å². The molecule has 126 valence electrons. The minimum absolute atomic E-state index is 0.107. The molecule has 0 saturated carbocycles. The number of aromatic nitrogens is 2. The molecule has 1 fully saturated rings. The Labute approximate surface area is 138 Å². The monoisotopic (exact) mass is 330 g/mol. The topological polar surface area (TPSA) is 69.3 Å². The number of aryl methyl sites for hydroxylation is 2. The first-order valence-electron chi connectivity index (χ1n) is 7.83. The number of amides is 1.